The molecule has 17 heavy (non-hydrogen) atoms. The minimum atomic E-state index is 0.130. The number of ketones is 1. The molecule has 94 valence electrons. The van der Waals surface area contributed by atoms with E-state index < -0.39 is 0 Å². The standard InChI is InChI=1S/C13H20N2OS/c1-9(2)15-6-4-5-11(8-15)13-14-7-12(17-13)10(3)16/h7,9,11H,4-6,8H2,1-3H3. The number of Topliss-reactive ketones (excluding diaryl/α,β-unsaturated/α-hetero) is 1. The molecule has 0 spiro atoms. The second-order valence-corrected chi connectivity index (χ2v) is 6.11. The smallest absolute Gasteiger partial charge is 0.171 e. The third-order valence-corrected chi connectivity index (χ3v) is 4.66. The molecule has 1 saturated heterocycles. The Hall–Kier alpha value is -0.740. The molecule has 1 fully saturated rings. The molecular formula is C13H20N2OS. The van der Waals surface area contributed by atoms with Crippen LogP contribution in [0.15, 0.2) is 6.20 Å². The van der Waals surface area contributed by atoms with Gasteiger partial charge in [0.2, 0.25) is 0 Å². The second-order valence-electron chi connectivity index (χ2n) is 5.05. The Bertz CT molecular complexity index is 400. The highest BCUT2D eigenvalue weighted by molar-refractivity contribution is 7.13. The van der Waals surface area contributed by atoms with Crippen molar-refractivity contribution in [2.45, 2.75) is 45.6 Å². The van der Waals surface area contributed by atoms with Gasteiger partial charge < -0.3 is 4.90 Å². The predicted molar refractivity (Wildman–Crippen MR) is 70.8 cm³/mol. The molecule has 1 aliphatic rings. The summed E-state index contributed by atoms with van der Waals surface area (Å²) in [6.07, 6.45) is 4.17. The first-order valence-corrected chi connectivity index (χ1v) is 7.10. The highest BCUT2D eigenvalue weighted by Crippen LogP contribution is 2.30. The van der Waals surface area contributed by atoms with E-state index in [1.165, 1.54) is 19.4 Å². The lowest BCUT2D eigenvalue weighted by Crippen LogP contribution is -2.39. The molecule has 1 atom stereocenters. The van der Waals surface area contributed by atoms with Crippen LogP contribution >= 0.6 is 11.3 Å². The van der Waals surface area contributed by atoms with Gasteiger partial charge in [0, 0.05) is 31.6 Å². The maximum atomic E-state index is 11.3. The van der Waals surface area contributed by atoms with Crippen molar-refractivity contribution < 1.29 is 4.79 Å². The summed E-state index contributed by atoms with van der Waals surface area (Å²) >= 11 is 1.57. The van der Waals surface area contributed by atoms with Crippen molar-refractivity contribution in [1.29, 1.82) is 0 Å². The van der Waals surface area contributed by atoms with Crippen molar-refractivity contribution in [3.8, 4) is 0 Å². The molecule has 0 aromatic carbocycles. The first-order valence-electron chi connectivity index (χ1n) is 6.28. The SMILES string of the molecule is CC(=O)c1cnc(C2CCCN(C(C)C)C2)s1. The van der Waals surface area contributed by atoms with Crippen LogP contribution in [-0.2, 0) is 0 Å². The zero-order valence-corrected chi connectivity index (χ0v) is 11.6. The molecule has 0 saturated carbocycles. The molecular weight excluding hydrogens is 232 g/mol. The van der Waals surface area contributed by atoms with E-state index in [2.05, 4.69) is 23.7 Å². The molecule has 1 unspecified atom stereocenters. The number of thiazole rings is 1. The number of carbonyl (C=O) groups excluding carboxylic acids is 1. The number of likely N-dealkylation sites (tertiary alicyclic amines) is 1. The maximum absolute atomic E-state index is 11.3. The van der Waals surface area contributed by atoms with Crippen LogP contribution in [0.3, 0.4) is 0 Å². The van der Waals surface area contributed by atoms with E-state index in [9.17, 15) is 4.79 Å². The minimum absolute atomic E-state index is 0.130. The molecule has 0 aliphatic carbocycles. The van der Waals surface area contributed by atoms with Crippen molar-refractivity contribution in [3.63, 3.8) is 0 Å². The number of hydrogen-bond acceptors (Lipinski definition) is 4. The first-order chi connectivity index (χ1) is 8.08. The fourth-order valence-corrected chi connectivity index (χ4v) is 3.26. The first kappa shape index (κ1) is 12.7. The van der Waals surface area contributed by atoms with Crippen LogP contribution in [0.4, 0.5) is 0 Å². The van der Waals surface area contributed by atoms with Gasteiger partial charge in [-0.2, -0.15) is 0 Å². The molecule has 2 heterocycles. The van der Waals surface area contributed by atoms with Gasteiger partial charge in [0.1, 0.15) is 0 Å². The van der Waals surface area contributed by atoms with Crippen LogP contribution in [0, 0.1) is 0 Å². The largest absolute Gasteiger partial charge is 0.300 e. The van der Waals surface area contributed by atoms with Crippen molar-refractivity contribution in [1.82, 2.24) is 9.88 Å². The molecule has 0 N–H and O–H groups in total. The Kier molecular flexibility index (Phi) is 3.94. The van der Waals surface area contributed by atoms with Gasteiger partial charge in [-0.05, 0) is 33.2 Å². The molecule has 0 bridgehead atoms. The van der Waals surface area contributed by atoms with E-state index in [0.29, 0.717) is 12.0 Å². The van der Waals surface area contributed by atoms with E-state index in [0.717, 1.165) is 16.4 Å². The minimum Gasteiger partial charge on any atom is -0.300 e. The van der Waals surface area contributed by atoms with Crippen LogP contribution in [0.25, 0.3) is 0 Å². The number of carbonyl (C=O) groups is 1. The summed E-state index contributed by atoms with van der Waals surface area (Å²) in [4.78, 5) is 19.0. The van der Waals surface area contributed by atoms with Gasteiger partial charge in [-0.3, -0.25) is 4.79 Å². The number of rotatable bonds is 3. The average Bonchev–Trinajstić information content (AvgIpc) is 2.78. The lowest BCUT2D eigenvalue weighted by molar-refractivity contribution is 0.102. The highest BCUT2D eigenvalue weighted by atomic mass is 32.1. The Morgan fingerprint density at radius 3 is 2.94 bits per heavy atom. The third kappa shape index (κ3) is 2.93. The summed E-state index contributed by atoms with van der Waals surface area (Å²) in [6.45, 7) is 8.37. The van der Waals surface area contributed by atoms with E-state index in [1.807, 2.05) is 0 Å². The molecule has 0 amide bonds. The van der Waals surface area contributed by atoms with Crippen molar-refractivity contribution in [3.05, 3.63) is 16.1 Å². The van der Waals surface area contributed by atoms with Crippen molar-refractivity contribution in [2.75, 3.05) is 13.1 Å². The Morgan fingerprint density at radius 2 is 2.35 bits per heavy atom. The summed E-state index contributed by atoms with van der Waals surface area (Å²) in [6, 6.07) is 0.602. The van der Waals surface area contributed by atoms with Gasteiger partial charge in [-0.1, -0.05) is 0 Å². The lowest BCUT2D eigenvalue weighted by Gasteiger charge is -2.34. The summed E-state index contributed by atoms with van der Waals surface area (Å²) in [5.74, 6) is 0.648. The van der Waals surface area contributed by atoms with Crippen molar-refractivity contribution >= 4 is 17.1 Å². The van der Waals surface area contributed by atoms with Gasteiger partial charge in [-0.25, -0.2) is 4.98 Å². The molecule has 2 rings (SSSR count). The highest BCUT2D eigenvalue weighted by Gasteiger charge is 2.25. The summed E-state index contributed by atoms with van der Waals surface area (Å²) in [7, 11) is 0. The van der Waals surface area contributed by atoms with Gasteiger partial charge in [-0.15, -0.1) is 11.3 Å². The van der Waals surface area contributed by atoms with E-state index in [4.69, 9.17) is 0 Å². The number of aromatic nitrogens is 1. The van der Waals surface area contributed by atoms with Crippen molar-refractivity contribution in [2.24, 2.45) is 0 Å². The van der Waals surface area contributed by atoms with Gasteiger partial charge >= 0.3 is 0 Å². The number of nitrogens with zero attached hydrogens (tertiary/aromatic N) is 2. The molecule has 3 nitrogen and oxygen atoms in total. The Balaban J connectivity index is 2.08. The summed E-state index contributed by atoms with van der Waals surface area (Å²) in [5.41, 5.74) is 0. The molecule has 1 aliphatic heterocycles. The van der Waals surface area contributed by atoms with Crippen LogP contribution in [0.2, 0.25) is 0 Å². The molecule has 1 aromatic heterocycles. The zero-order valence-electron chi connectivity index (χ0n) is 10.8. The maximum Gasteiger partial charge on any atom is 0.171 e. The Labute approximate surface area is 107 Å². The van der Waals surface area contributed by atoms with Crippen LogP contribution in [0.5, 0.6) is 0 Å². The summed E-state index contributed by atoms with van der Waals surface area (Å²) in [5, 5.41) is 1.14. The molecule has 0 radical (unpaired) electrons. The lowest BCUT2D eigenvalue weighted by atomic mass is 9.98. The van der Waals surface area contributed by atoms with Crippen LogP contribution < -0.4 is 0 Å². The molecule has 4 heteroatoms. The normalized spacial score (nSPS) is 22.0. The fraction of sp³-hybridized carbons (Fsp3) is 0.692. The number of hydrogen-bond donors (Lipinski definition) is 0. The fourth-order valence-electron chi connectivity index (χ4n) is 2.32. The van der Waals surface area contributed by atoms with Gasteiger partial charge in [0.15, 0.2) is 5.78 Å². The zero-order chi connectivity index (χ0) is 12.4. The molecule has 1 aromatic rings. The van der Waals surface area contributed by atoms with Crippen LogP contribution in [0.1, 0.15) is 54.2 Å². The number of piperidine rings is 1. The van der Waals surface area contributed by atoms with E-state index in [-0.39, 0.29) is 5.78 Å². The second kappa shape index (κ2) is 5.27. The predicted octanol–water partition coefficient (Wildman–Crippen LogP) is 2.93. The van der Waals surface area contributed by atoms with E-state index >= 15 is 0 Å². The van der Waals surface area contributed by atoms with Crippen LogP contribution in [-0.4, -0.2) is 34.8 Å². The monoisotopic (exact) mass is 252 g/mol. The third-order valence-electron chi connectivity index (χ3n) is 3.40. The topological polar surface area (TPSA) is 33.2 Å². The van der Waals surface area contributed by atoms with Gasteiger partial charge in [0.05, 0.1) is 9.88 Å². The van der Waals surface area contributed by atoms with Gasteiger partial charge in [0.25, 0.3) is 0 Å². The average molecular weight is 252 g/mol. The summed E-state index contributed by atoms with van der Waals surface area (Å²) < 4.78 is 0. The quantitative estimate of drug-likeness (QED) is 0.775. The Morgan fingerprint density at radius 1 is 1.59 bits per heavy atom. The van der Waals surface area contributed by atoms with E-state index in [1.54, 1.807) is 24.5 Å².